The molecule has 0 aliphatic heterocycles. The zero-order valence-corrected chi connectivity index (χ0v) is 14.0. The van der Waals surface area contributed by atoms with Crippen LogP contribution in [0.1, 0.15) is 20.8 Å². The first-order valence-corrected chi connectivity index (χ1v) is 9.55. The molecule has 1 rings (SSSR count). The Hall–Kier alpha value is -0.840. The van der Waals surface area contributed by atoms with Crippen molar-refractivity contribution in [3.8, 4) is 5.75 Å². The van der Waals surface area contributed by atoms with E-state index in [0.29, 0.717) is 6.61 Å². The number of nitrogens with zero attached hydrogens (tertiary/aromatic N) is 1. The number of aliphatic hydroxyl groups is 1. The van der Waals surface area contributed by atoms with Gasteiger partial charge in [0.2, 0.25) is 0 Å². The van der Waals surface area contributed by atoms with Crippen LogP contribution in [0.2, 0.25) is 0 Å². The van der Waals surface area contributed by atoms with Crippen LogP contribution in [-0.4, -0.2) is 35.5 Å². The average molecular weight is 336 g/mol. The molecule has 0 fully saturated rings. The van der Waals surface area contributed by atoms with Crippen LogP contribution in [-0.2, 0) is 18.2 Å². The minimum absolute atomic E-state index is 0.0430. The van der Waals surface area contributed by atoms with Crippen molar-refractivity contribution >= 4 is 20.8 Å². The quantitative estimate of drug-likeness (QED) is 0.692. The van der Waals surface area contributed by atoms with Gasteiger partial charge in [-0.1, -0.05) is 4.57 Å². The maximum Gasteiger partial charge on any atom is 0.445 e. The van der Waals surface area contributed by atoms with Gasteiger partial charge in [0.15, 0.2) is 5.75 Å². The van der Waals surface area contributed by atoms with E-state index in [1.807, 2.05) is 0 Å². The predicted octanol–water partition coefficient (Wildman–Crippen LogP) is 2.48. The highest BCUT2D eigenvalue weighted by atomic mass is 31.2. The smallest absolute Gasteiger partial charge is 0.445 e. The summed E-state index contributed by atoms with van der Waals surface area (Å²) in [7, 11) is -6.42. The van der Waals surface area contributed by atoms with Gasteiger partial charge in [-0.25, -0.2) is 4.98 Å². The Bertz CT molecular complexity index is 514. The van der Waals surface area contributed by atoms with E-state index in [2.05, 4.69) is 4.98 Å². The summed E-state index contributed by atoms with van der Waals surface area (Å²) >= 11 is 0. The highest BCUT2D eigenvalue weighted by molar-refractivity contribution is 7.71. The first-order valence-electron chi connectivity index (χ1n) is 6.61. The minimum Gasteiger partial charge on any atom is -0.488 e. The van der Waals surface area contributed by atoms with Gasteiger partial charge >= 0.3 is 26.4 Å². The van der Waals surface area contributed by atoms with Gasteiger partial charge in [0.1, 0.15) is 0 Å². The maximum absolute atomic E-state index is 12.5. The highest BCUT2D eigenvalue weighted by Crippen LogP contribution is 2.59. The van der Waals surface area contributed by atoms with E-state index < -0.39 is 21.0 Å². The van der Waals surface area contributed by atoms with Crippen LogP contribution in [0.25, 0.3) is 0 Å². The number of aliphatic hydroxyl groups excluding tert-OH is 1. The lowest BCUT2D eigenvalue weighted by atomic mass is 10.5. The number of hydrogen-bond donors (Lipinski definition) is 1. The fraction of sp³-hybridized carbons (Fsp3) is 0.583. The van der Waals surface area contributed by atoms with Crippen LogP contribution in [0.5, 0.6) is 5.75 Å². The Morgan fingerprint density at radius 3 is 2.43 bits per heavy atom. The molecule has 0 saturated carbocycles. The zero-order valence-electron chi connectivity index (χ0n) is 12.3. The standard InChI is InChI=1S/C12H20NO6P2/c1-4-17-10-8-7-9-13-11(10)20(15)12(14)21(16,18-5-2)19-6-3/h7-9,12,14H,4-6H2,1-3H3/q+1/i12+0. The molecule has 0 radical (unpaired) electrons. The molecule has 7 nitrogen and oxygen atoms in total. The van der Waals surface area contributed by atoms with E-state index in [-0.39, 0.29) is 24.4 Å². The zero-order chi connectivity index (χ0) is 15.9. The number of aromatic nitrogens is 1. The summed E-state index contributed by atoms with van der Waals surface area (Å²) in [5, 5.41) is 10.2. The first kappa shape index (κ1) is 18.2. The number of pyridine rings is 1. The molecular formula is C12H20NO6P2+. The van der Waals surface area contributed by atoms with Gasteiger partial charge in [-0.2, -0.15) is 0 Å². The van der Waals surface area contributed by atoms with Crippen molar-refractivity contribution < 1.29 is 28.0 Å². The lowest BCUT2D eigenvalue weighted by molar-refractivity contribution is 0.179. The van der Waals surface area contributed by atoms with E-state index in [1.54, 1.807) is 32.9 Å². The second-order valence-corrected chi connectivity index (χ2v) is 7.86. The molecule has 0 spiro atoms. The third kappa shape index (κ3) is 4.56. The molecule has 118 valence electrons. The van der Waals surface area contributed by atoms with Gasteiger partial charge in [-0.15, -0.1) is 0 Å². The van der Waals surface area contributed by atoms with E-state index >= 15 is 0 Å². The molecule has 0 bridgehead atoms. The minimum atomic E-state index is -3.89. The second-order valence-electron chi connectivity index (χ2n) is 3.81. The highest BCUT2D eigenvalue weighted by Gasteiger charge is 2.51. The number of rotatable bonds is 9. The van der Waals surface area contributed by atoms with Crippen molar-refractivity contribution in [2.75, 3.05) is 19.8 Å². The summed E-state index contributed by atoms with van der Waals surface area (Å²) in [5.74, 6) is 0.278. The Morgan fingerprint density at radius 1 is 1.29 bits per heavy atom. The molecule has 1 heterocycles. The van der Waals surface area contributed by atoms with Crippen molar-refractivity contribution in [3.63, 3.8) is 0 Å². The van der Waals surface area contributed by atoms with Gasteiger partial charge in [-0.3, -0.25) is 4.57 Å². The van der Waals surface area contributed by atoms with Gasteiger partial charge in [-0.05, 0) is 32.9 Å². The summed E-state index contributed by atoms with van der Waals surface area (Å²) in [5.41, 5.74) is -1.75. The van der Waals surface area contributed by atoms with E-state index in [9.17, 15) is 14.2 Å². The van der Waals surface area contributed by atoms with Crippen LogP contribution in [0.15, 0.2) is 18.3 Å². The van der Waals surface area contributed by atoms with Crippen molar-refractivity contribution in [3.05, 3.63) is 18.3 Å². The topological polar surface area (TPSA) is 95.0 Å². The summed E-state index contributed by atoms with van der Waals surface area (Å²) in [6, 6.07) is 3.20. The predicted molar refractivity (Wildman–Crippen MR) is 79.5 cm³/mol. The SMILES string of the molecule is CCOc1cccnc1[P+](=O)[12CH](O)P(=O)(OCC)OCC. The molecule has 1 aromatic rings. The molecule has 9 heteroatoms. The Balaban J connectivity index is 3.08. The molecule has 0 aliphatic carbocycles. The lowest BCUT2D eigenvalue weighted by Gasteiger charge is -2.16. The number of hydrogen-bond acceptors (Lipinski definition) is 7. The van der Waals surface area contributed by atoms with E-state index in [4.69, 9.17) is 13.8 Å². The molecular weight excluding hydrogens is 316 g/mol. The summed E-state index contributed by atoms with van der Waals surface area (Å²) in [6.07, 6.45) is 1.42. The third-order valence-corrected chi connectivity index (χ3v) is 6.82. The second kappa shape index (κ2) is 8.57. The fourth-order valence-corrected chi connectivity index (χ4v) is 5.16. The Morgan fingerprint density at radius 2 is 1.90 bits per heavy atom. The van der Waals surface area contributed by atoms with Gasteiger partial charge in [0.05, 0.1) is 19.8 Å². The number of ether oxygens (including phenoxy) is 1. The molecule has 0 amide bonds. The van der Waals surface area contributed by atoms with Crippen molar-refractivity contribution in [2.24, 2.45) is 0 Å². The molecule has 21 heavy (non-hydrogen) atoms. The molecule has 0 aliphatic rings. The Labute approximate surface area is 125 Å². The van der Waals surface area contributed by atoms with Crippen LogP contribution in [0.3, 0.4) is 0 Å². The van der Waals surface area contributed by atoms with E-state index in [0.717, 1.165) is 0 Å². The normalized spacial score (nSPS) is 13.8. The fourth-order valence-electron chi connectivity index (χ4n) is 1.58. The molecule has 1 N–H and O–H groups in total. The molecule has 1 aromatic heterocycles. The molecule has 0 aromatic carbocycles. The van der Waals surface area contributed by atoms with Gasteiger partial charge in [0, 0.05) is 6.20 Å². The van der Waals surface area contributed by atoms with Crippen LogP contribution >= 0.6 is 15.4 Å². The van der Waals surface area contributed by atoms with Gasteiger partial charge in [0.25, 0.3) is 0 Å². The lowest BCUT2D eigenvalue weighted by Crippen LogP contribution is -2.17. The average Bonchev–Trinajstić information content (AvgIpc) is 2.47. The molecule has 0 saturated heterocycles. The molecule has 2 atom stereocenters. The largest absolute Gasteiger partial charge is 0.488 e. The van der Waals surface area contributed by atoms with Crippen molar-refractivity contribution in [2.45, 2.75) is 26.4 Å². The Kier molecular flexibility index (Phi) is 7.43. The summed E-state index contributed by atoms with van der Waals surface area (Å²) < 4.78 is 40.2. The molecule has 2 unspecified atom stereocenters. The third-order valence-electron chi connectivity index (χ3n) is 2.37. The first-order chi connectivity index (χ1) is 10.00. The van der Waals surface area contributed by atoms with Crippen LogP contribution in [0, 0.1) is 0 Å². The van der Waals surface area contributed by atoms with E-state index in [1.165, 1.54) is 6.20 Å². The summed E-state index contributed by atoms with van der Waals surface area (Å²) in [4.78, 5) is 3.95. The van der Waals surface area contributed by atoms with Crippen LogP contribution in [0.4, 0.5) is 0 Å². The van der Waals surface area contributed by atoms with Gasteiger partial charge < -0.3 is 18.9 Å². The maximum atomic E-state index is 12.5. The van der Waals surface area contributed by atoms with Crippen molar-refractivity contribution in [1.29, 1.82) is 0 Å². The summed E-state index contributed by atoms with van der Waals surface area (Å²) in [6.45, 7) is 5.48. The van der Waals surface area contributed by atoms with Crippen LogP contribution < -0.4 is 10.2 Å². The monoisotopic (exact) mass is 336 g/mol. The van der Waals surface area contributed by atoms with Crippen molar-refractivity contribution in [1.82, 2.24) is 4.98 Å².